The highest BCUT2D eigenvalue weighted by Gasteiger charge is 2.42. The van der Waals surface area contributed by atoms with Gasteiger partial charge in [-0.05, 0) is 44.5 Å². The zero-order valence-corrected chi connectivity index (χ0v) is 32.4. The van der Waals surface area contributed by atoms with Gasteiger partial charge in [0.1, 0.15) is 35.0 Å². The van der Waals surface area contributed by atoms with Crippen molar-refractivity contribution in [3.63, 3.8) is 0 Å². The van der Waals surface area contributed by atoms with Gasteiger partial charge in [-0.2, -0.15) is 15.1 Å². The Morgan fingerprint density at radius 1 is 0.949 bits per heavy atom. The number of carbonyl (C=O) groups is 1. The van der Waals surface area contributed by atoms with Crippen LogP contribution in [-0.2, 0) is 16.1 Å². The van der Waals surface area contributed by atoms with Crippen molar-refractivity contribution in [1.82, 2.24) is 53.7 Å². The van der Waals surface area contributed by atoms with Crippen LogP contribution in [0.2, 0.25) is 0 Å². The van der Waals surface area contributed by atoms with Crippen molar-refractivity contribution in [3.05, 3.63) is 90.8 Å². The van der Waals surface area contributed by atoms with Gasteiger partial charge >= 0.3 is 0 Å². The number of aryl methyl sites for hydroxylation is 1. The Hall–Kier alpha value is -6.63. The van der Waals surface area contributed by atoms with Crippen LogP contribution in [0.1, 0.15) is 25.2 Å². The molecular weight excluding hydrogens is 766 g/mol. The number of hydrogen-bond donors (Lipinski definition) is 1. The molecule has 302 valence electrons. The van der Waals surface area contributed by atoms with E-state index in [4.69, 9.17) is 24.7 Å². The van der Waals surface area contributed by atoms with E-state index >= 15 is 8.78 Å². The van der Waals surface area contributed by atoms with Gasteiger partial charge in [0.05, 0.1) is 53.3 Å². The number of imidazole rings is 2. The monoisotopic (exact) mass is 804 g/mol. The molecule has 7 aromatic rings. The molecule has 0 spiro atoms. The van der Waals surface area contributed by atoms with E-state index in [1.54, 1.807) is 42.9 Å². The van der Waals surface area contributed by atoms with Gasteiger partial charge in [-0.1, -0.05) is 0 Å². The molecule has 1 N–H and O–H groups in total. The molecule has 16 nitrogen and oxygen atoms in total. The van der Waals surface area contributed by atoms with Gasteiger partial charge in [-0.25, -0.2) is 37.8 Å². The fraction of sp³-hybridized carbons (Fsp3) is 0.350. The summed E-state index contributed by atoms with van der Waals surface area (Å²) in [5.74, 6) is -0.384. The molecule has 3 aliphatic heterocycles. The molecule has 2 saturated heterocycles. The zero-order valence-electron chi connectivity index (χ0n) is 32.4. The predicted molar refractivity (Wildman–Crippen MR) is 212 cm³/mol. The molecule has 10 rings (SSSR count). The average molecular weight is 805 g/mol. The van der Waals surface area contributed by atoms with Crippen LogP contribution in [0.4, 0.5) is 30.9 Å². The number of carbonyl (C=O) groups excluding carboxylic acids is 1. The molecule has 3 atom stereocenters. The molecule has 0 saturated carbocycles. The molecule has 3 aliphatic rings. The molecule has 0 radical (unpaired) electrons. The molecule has 4 bridgehead atoms. The van der Waals surface area contributed by atoms with Crippen molar-refractivity contribution in [2.24, 2.45) is 0 Å². The van der Waals surface area contributed by atoms with Crippen LogP contribution >= 0.6 is 0 Å². The quantitative estimate of drug-likeness (QED) is 0.251. The van der Waals surface area contributed by atoms with Crippen LogP contribution in [0.5, 0.6) is 0 Å². The van der Waals surface area contributed by atoms with E-state index in [1.807, 2.05) is 39.0 Å². The average Bonchev–Trinajstić information content (AvgIpc) is 4.01. The van der Waals surface area contributed by atoms with E-state index < -0.39 is 29.6 Å². The second-order valence-electron chi connectivity index (χ2n) is 15.2. The lowest BCUT2D eigenvalue weighted by atomic mass is 10.1. The normalized spacial score (nSPS) is 19.9. The van der Waals surface area contributed by atoms with E-state index in [0.29, 0.717) is 96.1 Å². The molecule has 2 fully saturated rings. The minimum Gasteiger partial charge on any atom is -0.375 e. The minimum absolute atomic E-state index is 0.0116. The summed E-state index contributed by atoms with van der Waals surface area (Å²) in [4.78, 5) is 48.7. The molecule has 19 heteroatoms. The Morgan fingerprint density at radius 2 is 1.81 bits per heavy atom. The van der Waals surface area contributed by atoms with Crippen LogP contribution in [0.15, 0.2) is 67.5 Å². The number of amides is 1. The number of rotatable bonds is 6. The first-order valence-corrected chi connectivity index (χ1v) is 19.4. The largest absolute Gasteiger partial charge is 0.375 e. The number of hydrogen-bond acceptors (Lipinski definition) is 12. The highest BCUT2D eigenvalue weighted by molar-refractivity contribution is 5.94. The number of benzene rings is 2. The number of nitrogens with zero attached hydrogens (tertiary/aromatic N) is 13. The number of likely N-dealkylation sites (N-methyl/N-ethyl adjacent to an activating group) is 1. The summed E-state index contributed by atoms with van der Waals surface area (Å²) in [6.45, 7) is 6.20. The van der Waals surface area contributed by atoms with E-state index in [0.717, 1.165) is 6.07 Å². The van der Waals surface area contributed by atoms with Crippen molar-refractivity contribution >= 4 is 45.7 Å². The highest BCUT2D eigenvalue weighted by Crippen LogP contribution is 2.37. The van der Waals surface area contributed by atoms with Crippen LogP contribution in [0.25, 0.3) is 39.0 Å². The maximum absolute atomic E-state index is 15.3. The fourth-order valence-corrected chi connectivity index (χ4v) is 8.56. The molecule has 5 aromatic heterocycles. The molecule has 59 heavy (non-hydrogen) atoms. The van der Waals surface area contributed by atoms with Crippen molar-refractivity contribution in [3.8, 4) is 16.9 Å². The van der Waals surface area contributed by atoms with Gasteiger partial charge in [0.15, 0.2) is 11.5 Å². The number of halogens is 3. The third-order valence-corrected chi connectivity index (χ3v) is 11.4. The maximum Gasteiger partial charge on any atom is 0.245 e. The second kappa shape index (κ2) is 14.3. The topological polar surface area (TPSA) is 153 Å². The number of anilines is 3. The Kier molecular flexibility index (Phi) is 8.91. The van der Waals surface area contributed by atoms with Gasteiger partial charge in [0.2, 0.25) is 17.8 Å². The third kappa shape index (κ3) is 6.45. The first-order valence-electron chi connectivity index (χ1n) is 19.4. The summed E-state index contributed by atoms with van der Waals surface area (Å²) < 4.78 is 56.2. The highest BCUT2D eigenvalue weighted by atomic mass is 19.1. The Labute approximate surface area is 335 Å². The summed E-state index contributed by atoms with van der Waals surface area (Å²) in [6, 6.07) is 6.93. The molecule has 8 heterocycles. The molecular formula is C40H39F3N14O2. The molecule has 1 amide bonds. The van der Waals surface area contributed by atoms with Gasteiger partial charge in [0.25, 0.3) is 0 Å². The summed E-state index contributed by atoms with van der Waals surface area (Å²) in [6.07, 6.45) is 8.45. The Bertz CT molecular complexity index is 2730. The van der Waals surface area contributed by atoms with Crippen molar-refractivity contribution in [2.45, 2.75) is 51.0 Å². The summed E-state index contributed by atoms with van der Waals surface area (Å²) in [5, 5.41) is 8.46. The lowest BCUT2D eigenvalue weighted by Crippen LogP contribution is -2.49. The van der Waals surface area contributed by atoms with E-state index in [9.17, 15) is 9.18 Å². The third-order valence-electron chi connectivity index (χ3n) is 11.4. The van der Waals surface area contributed by atoms with Gasteiger partial charge in [-0.15, -0.1) is 0 Å². The van der Waals surface area contributed by atoms with Crippen LogP contribution < -0.4 is 15.1 Å². The standard InChI is InChI=1S/C40H39F3N14O2/c1-4-59-27-19-52(3)38(58)34-14-25(48-39-45-8-7-31(49-39)28-11-24(42)13-32-35(28)55(20-27)22(2)47-32)16-56(34)36-29-15-46-57(33-6-5-23(41)12-30(33)43)37(29)51-40(50-36)54-17-26(18-54)53-10-9-44-21-53/h5-13,15,21,25-27,34H,4,14,16-20H2,1-3H3,(H,45,48,49). The van der Waals surface area contributed by atoms with Crippen molar-refractivity contribution in [1.29, 1.82) is 0 Å². The number of aromatic nitrogens is 10. The van der Waals surface area contributed by atoms with E-state index in [2.05, 4.69) is 20.4 Å². The van der Waals surface area contributed by atoms with Gasteiger partial charge in [-0.3, -0.25) is 4.79 Å². The molecule has 3 unspecified atom stereocenters. The maximum atomic E-state index is 15.3. The number of fused-ring (bicyclic) bond motifs is 6. The molecule has 2 aromatic carbocycles. The lowest BCUT2D eigenvalue weighted by molar-refractivity contribution is -0.133. The Morgan fingerprint density at radius 3 is 2.61 bits per heavy atom. The van der Waals surface area contributed by atoms with Crippen molar-refractivity contribution < 1.29 is 22.7 Å². The second-order valence-corrected chi connectivity index (χ2v) is 15.2. The summed E-state index contributed by atoms with van der Waals surface area (Å²) >= 11 is 0. The Balaban J connectivity index is 1.09. The van der Waals surface area contributed by atoms with Crippen LogP contribution in [0, 0.1) is 24.4 Å². The first-order chi connectivity index (χ1) is 28.6. The fourth-order valence-electron chi connectivity index (χ4n) is 8.56. The number of ether oxygens (including phenoxy) is 1. The van der Waals surface area contributed by atoms with Gasteiger partial charge < -0.3 is 33.9 Å². The predicted octanol–water partition coefficient (Wildman–Crippen LogP) is 4.54. The van der Waals surface area contributed by atoms with E-state index in [1.165, 1.54) is 28.9 Å². The van der Waals surface area contributed by atoms with Crippen LogP contribution in [0.3, 0.4) is 0 Å². The summed E-state index contributed by atoms with van der Waals surface area (Å²) in [7, 11) is 1.75. The van der Waals surface area contributed by atoms with Crippen molar-refractivity contribution in [2.75, 3.05) is 55.0 Å². The summed E-state index contributed by atoms with van der Waals surface area (Å²) in [5.41, 5.74) is 2.55. The minimum atomic E-state index is -0.808. The number of nitrogens with one attached hydrogen (secondary N) is 1. The SMILES string of the molecule is CCOC1CN(C)C(=O)C2CC(CN2c2nc(N3CC(n4ccnc4)C3)nc3c2cnn3-c2ccc(F)cc2F)Nc2nccc(n2)-c2cc(F)cc3nc(C)n(c23)C1. The smallest absolute Gasteiger partial charge is 0.245 e. The first kappa shape index (κ1) is 36.7. The van der Waals surface area contributed by atoms with Gasteiger partial charge in [0, 0.05) is 82.2 Å². The van der Waals surface area contributed by atoms with E-state index in [-0.39, 0.29) is 30.2 Å². The van der Waals surface area contributed by atoms with Crippen LogP contribution in [-0.4, -0.2) is 118 Å². The lowest BCUT2D eigenvalue weighted by Gasteiger charge is -2.40. The molecule has 0 aliphatic carbocycles. The zero-order chi connectivity index (χ0) is 40.5.